The molecular formula is C8H10O3. The van der Waals surface area contributed by atoms with E-state index in [0.29, 0.717) is 0 Å². The first-order valence-electron chi connectivity index (χ1n) is 3.10. The van der Waals surface area contributed by atoms with Gasteiger partial charge in [-0.05, 0) is 19.1 Å². The van der Waals surface area contributed by atoms with E-state index in [9.17, 15) is 4.79 Å². The van der Waals surface area contributed by atoms with Crippen molar-refractivity contribution in [3.63, 3.8) is 0 Å². The third-order valence-corrected chi connectivity index (χ3v) is 0.735. The van der Waals surface area contributed by atoms with Gasteiger partial charge in [-0.3, -0.25) is 0 Å². The van der Waals surface area contributed by atoms with Gasteiger partial charge in [0.05, 0.1) is 12.5 Å². The minimum atomic E-state index is -0.891. The Balaban J connectivity index is 0.000000183. The van der Waals surface area contributed by atoms with E-state index in [2.05, 4.69) is 4.42 Å². The van der Waals surface area contributed by atoms with Crippen LogP contribution in [0.4, 0.5) is 0 Å². The molecule has 0 saturated carbocycles. The Hall–Kier alpha value is -1.51. The van der Waals surface area contributed by atoms with E-state index >= 15 is 0 Å². The zero-order chi connectivity index (χ0) is 8.53. The van der Waals surface area contributed by atoms with E-state index in [1.165, 1.54) is 6.08 Å². The van der Waals surface area contributed by atoms with Crippen LogP contribution in [-0.2, 0) is 4.79 Å². The van der Waals surface area contributed by atoms with Crippen molar-refractivity contribution in [2.24, 2.45) is 0 Å². The van der Waals surface area contributed by atoms with Crippen LogP contribution in [0.3, 0.4) is 0 Å². The summed E-state index contributed by atoms with van der Waals surface area (Å²) in [7, 11) is 0. The van der Waals surface area contributed by atoms with Crippen molar-refractivity contribution in [3.05, 3.63) is 36.8 Å². The number of allylic oxidation sites excluding steroid dienone is 1. The molecule has 0 aromatic carbocycles. The molecule has 1 heterocycles. The molecule has 1 aromatic rings. The summed E-state index contributed by atoms with van der Waals surface area (Å²) in [5.74, 6) is -0.891. The summed E-state index contributed by atoms with van der Waals surface area (Å²) in [4.78, 5) is 9.51. The lowest BCUT2D eigenvalue weighted by atomic mass is 10.5. The molecule has 1 aromatic heterocycles. The lowest BCUT2D eigenvalue weighted by molar-refractivity contribution is -0.131. The van der Waals surface area contributed by atoms with Gasteiger partial charge in [0, 0.05) is 6.08 Å². The smallest absolute Gasteiger partial charge is 0.327 e. The summed E-state index contributed by atoms with van der Waals surface area (Å²) < 4.78 is 4.58. The maximum absolute atomic E-state index is 9.51. The van der Waals surface area contributed by atoms with Crippen LogP contribution in [0.1, 0.15) is 6.92 Å². The van der Waals surface area contributed by atoms with Crippen molar-refractivity contribution in [3.8, 4) is 0 Å². The number of aliphatic carboxylic acids is 1. The molecule has 1 N–H and O–H groups in total. The number of carboxylic acids is 1. The van der Waals surface area contributed by atoms with Crippen molar-refractivity contribution < 1.29 is 14.3 Å². The van der Waals surface area contributed by atoms with E-state index in [-0.39, 0.29) is 0 Å². The SMILES string of the molecule is CC=CC(=O)O.c1ccoc1. The molecule has 0 spiro atoms. The molecule has 0 unspecified atom stereocenters. The van der Waals surface area contributed by atoms with Gasteiger partial charge in [0.2, 0.25) is 0 Å². The molecule has 0 aliphatic rings. The van der Waals surface area contributed by atoms with Gasteiger partial charge in [0.15, 0.2) is 0 Å². The Labute approximate surface area is 65.0 Å². The van der Waals surface area contributed by atoms with Crippen LogP contribution in [0.2, 0.25) is 0 Å². The second-order valence-electron chi connectivity index (χ2n) is 1.63. The number of hydrogen-bond donors (Lipinski definition) is 1. The third kappa shape index (κ3) is 8.49. The second-order valence-corrected chi connectivity index (χ2v) is 1.63. The largest absolute Gasteiger partial charge is 0.478 e. The van der Waals surface area contributed by atoms with Crippen molar-refractivity contribution in [2.45, 2.75) is 6.92 Å². The highest BCUT2D eigenvalue weighted by molar-refractivity contribution is 5.79. The molecule has 0 bridgehead atoms. The van der Waals surface area contributed by atoms with E-state index in [1.807, 2.05) is 12.1 Å². The normalized spacial score (nSPS) is 8.82. The van der Waals surface area contributed by atoms with Gasteiger partial charge in [-0.25, -0.2) is 4.79 Å². The Kier molecular flexibility index (Phi) is 5.70. The predicted octanol–water partition coefficient (Wildman–Crippen LogP) is 1.93. The summed E-state index contributed by atoms with van der Waals surface area (Å²) in [6.45, 7) is 1.66. The summed E-state index contributed by atoms with van der Waals surface area (Å²) in [5.41, 5.74) is 0. The summed E-state index contributed by atoms with van der Waals surface area (Å²) >= 11 is 0. The Morgan fingerprint density at radius 3 is 2.09 bits per heavy atom. The fourth-order valence-electron chi connectivity index (χ4n) is 0.369. The van der Waals surface area contributed by atoms with Gasteiger partial charge < -0.3 is 9.52 Å². The fourth-order valence-corrected chi connectivity index (χ4v) is 0.369. The maximum Gasteiger partial charge on any atom is 0.327 e. The highest BCUT2D eigenvalue weighted by Crippen LogP contribution is 1.79. The van der Waals surface area contributed by atoms with E-state index in [1.54, 1.807) is 19.5 Å². The van der Waals surface area contributed by atoms with Crippen molar-refractivity contribution >= 4 is 5.97 Å². The molecule has 0 amide bonds. The summed E-state index contributed by atoms with van der Waals surface area (Å²) in [6.07, 6.45) is 5.81. The van der Waals surface area contributed by atoms with Crippen LogP contribution in [0, 0.1) is 0 Å². The molecule has 0 radical (unpaired) electrons. The van der Waals surface area contributed by atoms with Gasteiger partial charge in [-0.15, -0.1) is 0 Å². The molecular weight excluding hydrogens is 144 g/mol. The predicted molar refractivity (Wildman–Crippen MR) is 41.2 cm³/mol. The number of carbonyl (C=O) groups is 1. The molecule has 0 atom stereocenters. The average molecular weight is 154 g/mol. The van der Waals surface area contributed by atoms with Crippen LogP contribution in [-0.4, -0.2) is 11.1 Å². The minimum Gasteiger partial charge on any atom is -0.478 e. The molecule has 3 nitrogen and oxygen atoms in total. The van der Waals surface area contributed by atoms with Gasteiger partial charge in [-0.2, -0.15) is 0 Å². The standard InChI is InChI=1S/C4H6O2.C4H4O/c1-2-3-4(5)6;1-2-4-5-3-1/h2-3H,1H3,(H,5,6);1-4H. The third-order valence-electron chi connectivity index (χ3n) is 0.735. The van der Waals surface area contributed by atoms with Crippen LogP contribution >= 0.6 is 0 Å². The second kappa shape index (κ2) is 6.61. The Morgan fingerprint density at radius 1 is 1.45 bits per heavy atom. The highest BCUT2D eigenvalue weighted by atomic mass is 16.4. The first-order valence-corrected chi connectivity index (χ1v) is 3.10. The number of carboxylic acid groups (broad SMARTS) is 1. The Bertz CT molecular complexity index is 182. The molecule has 0 aliphatic heterocycles. The molecule has 1 rings (SSSR count). The number of furan rings is 1. The maximum atomic E-state index is 9.51. The number of rotatable bonds is 1. The van der Waals surface area contributed by atoms with Crippen molar-refractivity contribution in [2.75, 3.05) is 0 Å². The molecule has 60 valence electrons. The topological polar surface area (TPSA) is 50.4 Å². The first kappa shape index (κ1) is 9.49. The Morgan fingerprint density at radius 2 is 2.00 bits per heavy atom. The average Bonchev–Trinajstić information content (AvgIpc) is 2.41. The summed E-state index contributed by atoms with van der Waals surface area (Å²) in [6, 6.07) is 3.67. The lowest BCUT2D eigenvalue weighted by Gasteiger charge is -1.68. The zero-order valence-corrected chi connectivity index (χ0v) is 6.23. The van der Waals surface area contributed by atoms with Gasteiger partial charge in [-0.1, -0.05) is 6.08 Å². The van der Waals surface area contributed by atoms with Crippen LogP contribution < -0.4 is 0 Å². The monoisotopic (exact) mass is 154 g/mol. The minimum absolute atomic E-state index is 0.891. The van der Waals surface area contributed by atoms with Crippen LogP contribution in [0.15, 0.2) is 41.2 Å². The van der Waals surface area contributed by atoms with Gasteiger partial charge in [0.1, 0.15) is 0 Å². The molecule has 0 aliphatic carbocycles. The quantitative estimate of drug-likeness (QED) is 0.629. The molecule has 0 fully saturated rings. The van der Waals surface area contributed by atoms with Crippen molar-refractivity contribution in [1.82, 2.24) is 0 Å². The highest BCUT2D eigenvalue weighted by Gasteiger charge is 1.76. The fraction of sp³-hybridized carbons (Fsp3) is 0.125. The zero-order valence-electron chi connectivity index (χ0n) is 6.23. The van der Waals surface area contributed by atoms with E-state index in [4.69, 9.17) is 5.11 Å². The van der Waals surface area contributed by atoms with E-state index < -0.39 is 5.97 Å². The van der Waals surface area contributed by atoms with Crippen LogP contribution in [0.5, 0.6) is 0 Å². The van der Waals surface area contributed by atoms with Crippen LogP contribution in [0.25, 0.3) is 0 Å². The summed E-state index contributed by atoms with van der Waals surface area (Å²) in [5, 5.41) is 7.83. The lowest BCUT2D eigenvalue weighted by Crippen LogP contribution is -1.83. The van der Waals surface area contributed by atoms with E-state index in [0.717, 1.165) is 6.08 Å². The number of hydrogen-bond acceptors (Lipinski definition) is 2. The molecule has 11 heavy (non-hydrogen) atoms. The first-order chi connectivity index (χ1) is 5.27. The van der Waals surface area contributed by atoms with Crippen molar-refractivity contribution in [1.29, 1.82) is 0 Å². The molecule has 0 saturated heterocycles. The molecule has 3 heteroatoms. The van der Waals surface area contributed by atoms with Gasteiger partial charge in [0.25, 0.3) is 0 Å². The van der Waals surface area contributed by atoms with Gasteiger partial charge >= 0.3 is 5.97 Å².